The largest absolute Gasteiger partial charge is 0.457 e. The maximum Gasteiger partial charge on any atom is 0.291 e. The lowest BCUT2D eigenvalue weighted by atomic mass is 9.98. The van der Waals surface area contributed by atoms with Crippen LogP contribution in [0.15, 0.2) is 112 Å². The molecule has 0 radical (unpaired) electrons. The molecule has 0 fully saturated rings. The van der Waals surface area contributed by atoms with E-state index in [-0.39, 0.29) is 17.1 Å². The van der Waals surface area contributed by atoms with E-state index in [1.807, 2.05) is 85.8 Å². The molecule has 1 unspecified atom stereocenters. The zero-order chi connectivity index (χ0) is 24.6. The monoisotopic (exact) mass is 473 g/mol. The van der Waals surface area contributed by atoms with Gasteiger partial charge >= 0.3 is 0 Å². The molecule has 0 saturated heterocycles. The molecule has 0 bridgehead atoms. The van der Waals surface area contributed by atoms with Crippen molar-refractivity contribution in [2.45, 2.75) is 19.5 Å². The first-order chi connectivity index (χ1) is 17.6. The van der Waals surface area contributed by atoms with Crippen molar-refractivity contribution in [3.05, 3.63) is 141 Å². The first-order valence-corrected chi connectivity index (χ1v) is 11.8. The summed E-state index contributed by atoms with van der Waals surface area (Å²) in [5.74, 6) is 1.14. The fourth-order valence-corrected chi connectivity index (χ4v) is 4.74. The van der Waals surface area contributed by atoms with Crippen molar-refractivity contribution in [2.75, 3.05) is 0 Å². The molecule has 176 valence electrons. The predicted octanol–water partition coefficient (Wildman–Crippen LogP) is 6.64. The lowest BCUT2D eigenvalue weighted by molar-refractivity contribution is 0.0714. The Labute approximate surface area is 208 Å². The SMILES string of the molecule is Cc1ccc(CN2C(=O)c3oc4ccccc4c(=O)c3C2c2cccc(Oc3ccccc3)c2)cc1. The van der Waals surface area contributed by atoms with Crippen molar-refractivity contribution in [3.8, 4) is 11.5 Å². The molecule has 1 aromatic heterocycles. The molecular weight excluding hydrogens is 450 g/mol. The van der Waals surface area contributed by atoms with Gasteiger partial charge in [-0.2, -0.15) is 0 Å². The highest BCUT2D eigenvalue weighted by Crippen LogP contribution is 2.40. The number of carbonyl (C=O) groups is 1. The molecule has 0 aliphatic carbocycles. The molecule has 36 heavy (non-hydrogen) atoms. The minimum absolute atomic E-state index is 0.102. The number of nitrogens with zero attached hydrogens (tertiary/aromatic N) is 1. The number of ether oxygens (including phenoxy) is 1. The number of carbonyl (C=O) groups excluding carboxylic acids is 1. The second-order valence-corrected chi connectivity index (χ2v) is 8.98. The van der Waals surface area contributed by atoms with E-state index in [4.69, 9.17) is 9.15 Å². The third-order valence-corrected chi connectivity index (χ3v) is 6.50. The van der Waals surface area contributed by atoms with Crippen LogP contribution >= 0.6 is 0 Å². The van der Waals surface area contributed by atoms with Gasteiger partial charge in [0.15, 0.2) is 5.43 Å². The van der Waals surface area contributed by atoms with Gasteiger partial charge in [-0.1, -0.05) is 72.3 Å². The summed E-state index contributed by atoms with van der Waals surface area (Å²) in [6.07, 6.45) is 0. The summed E-state index contributed by atoms with van der Waals surface area (Å²) < 4.78 is 12.1. The highest BCUT2D eigenvalue weighted by atomic mass is 16.5. The summed E-state index contributed by atoms with van der Waals surface area (Å²) in [7, 11) is 0. The van der Waals surface area contributed by atoms with Gasteiger partial charge in [-0.15, -0.1) is 0 Å². The van der Waals surface area contributed by atoms with Crippen LogP contribution in [0.25, 0.3) is 11.0 Å². The van der Waals surface area contributed by atoms with Gasteiger partial charge in [0, 0.05) is 6.54 Å². The average Bonchev–Trinajstić information content (AvgIpc) is 3.18. The number of aryl methyl sites for hydroxylation is 1. The third-order valence-electron chi connectivity index (χ3n) is 6.50. The zero-order valence-corrected chi connectivity index (χ0v) is 19.7. The molecule has 5 aromatic rings. The average molecular weight is 474 g/mol. The van der Waals surface area contributed by atoms with E-state index < -0.39 is 6.04 Å². The van der Waals surface area contributed by atoms with Gasteiger partial charge in [0.05, 0.1) is 17.0 Å². The number of rotatable bonds is 5. The van der Waals surface area contributed by atoms with Crippen LogP contribution in [-0.4, -0.2) is 10.8 Å². The summed E-state index contributed by atoms with van der Waals surface area (Å²) in [6, 6.07) is 31.5. The van der Waals surface area contributed by atoms with Crippen LogP contribution in [0.4, 0.5) is 0 Å². The van der Waals surface area contributed by atoms with Gasteiger partial charge in [-0.25, -0.2) is 0 Å². The van der Waals surface area contributed by atoms with Crippen LogP contribution < -0.4 is 10.2 Å². The van der Waals surface area contributed by atoms with Crippen molar-refractivity contribution in [1.82, 2.24) is 4.90 Å². The molecule has 5 heteroatoms. The van der Waals surface area contributed by atoms with Crippen LogP contribution in [0.3, 0.4) is 0 Å². The Morgan fingerprint density at radius 3 is 2.33 bits per heavy atom. The number of benzene rings is 4. The molecule has 1 atom stereocenters. The molecule has 6 rings (SSSR count). The van der Waals surface area contributed by atoms with E-state index in [1.165, 1.54) is 0 Å². The molecule has 5 nitrogen and oxygen atoms in total. The summed E-state index contributed by atoms with van der Waals surface area (Å²) >= 11 is 0. The second kappa shape index (κ2) is 8.86. The Morgan fingerprint density at radius 1 is 0.806 bits per heavy atom. The maximum atomic E-state index is 13.7. The fourth-order valence-electron chi connectivity index (χ4n) is 4.74. The Kier molecular flexibility index (Phi) is 5.38. The number of para-hydroxylation sites is 2. The van der Waals surface area contributed by atoms with E-state index in [0.29, 0.717) is 34.6 Å². The number of amides is 1. The van der Waals surface area contributed by atoms with Crippen LogP contribution in [-0.2, 0) is 6.54 Å². The Morgan fingerprint density at radius 2 is 1.53 bits per heavy atom. The first kappa shape index (κ1) is 21.9. The molecule has 1 aliphatic heterocycles. The Bertz CT molecular complexity index is 1640. The van der Waals surface area contributed by atoms with Crippen molar-refractivity contribution < 1.29 is 13.9 Å². The maximum absolute atomic E-state index is 13.7. The van der Waals surface area contributed by atoms with E-state index in [0.717, 1.165) is 16.7 Å². The minimum atomic E-state index is -0.603. The zero-order valence-electron chi connectivity index (χ0n) is 19.7. The predicted molar refractivity (Wildman–Crippen MR) is 138 cm³/mol. The number of hydrogen-bond donors (Lipinski definition) is 0. The van der Waals surface area contributed by atoms with Crippen molar-refractivity contribution in [2.24, 2.45) is 0 Å². The highest BCUT2D eigenvalue weighted by molar-refractivity contribution is 5.99. The lowest BCUT2D eigenvalue weighted by Gasteiger charge is -2.25. The normalized spacial score (nSPS) is 14.8. The van der Waals surface area contributed by atoms with Gasteiger partial charge in [-0.3, -0.25) is 9.59 Å². The van der Waals surface area contributed by atoms with E-state index in [9.17, 15) is 9.59 Å². The van der Waals surface area contributed by atoms with Gasteiger partial charge in [-0.05, 0) is 54.4 Å². The first-order valence-electron chi connectivity index (χ1n) is 11.8. The van der Waals surface area contributed by atoms with Crippen LogP contribution in [0.1, 0.15) is 38.9 Å². The second-order valence-electron chi connectivity index (χ2n) is 8.98. The van der Waals surface area contributed by atoms with Gasteiger partial charge in [0.1, 0.15) is 17.1 Å². The molecule has 4 aromatic carbocycles. The van der Waals surface area contributed by atoms with Crippen LogP contribution in [0.5, 0.6) is 11.5 Å². The fraction of sp³-hybridized carbons (Fsp3) is 0.0968. The highest BCUT2D eigenvalue weighted by Gasteiger charge is 2.42. The van der Waals surface area contributed by atoms with Gasteiger partial charge in [0.2, 0.25) is 5.76 Å². The number of hydrogen-bond acceptors (Lipinski definition) is 4. The summed E-state index contributed by atoms with van der Waals surface area (Å²) in [5.41, 5.74) is 3.48. The summed E-state index contributed by atoms with van der Waals surface area (Å²) in [6.45, 7) is 2.36. The van der Waals surface area contributed by atoms with E-state index >= 15 is 0 Å². The third kappa shape index (κ3) is 3.85. The van der Waals surface area contributed by atoms with E-state index in [1.54, 1.807) is 29.2 Å². The van der Waals surface area contributed by atoms with E-state index in [2.05, 4.69) is 0 Å². The Hall–Kier alpha value is -4.64. The van der Waals surface area contributed by atoms with Crippen LogP contribution in [0.2, 0.25) is 0 Å². The standard InChI is InChI=1S/C31H23NO4/c1-20-14-16-21(17-15-20)19-32-28(22-8-7-11-24(18-22)35-23-9-3-2-4-10-23)27-29(33)25-12-5-6-13-26(25)36-30(27)31(32)34/h2-18,28H,19H2,1H3. The topological polar surface area (TPSA) is 59.8 Å². The van der Waals surface area contributed by atoms with Gasteiger partial charge in [0.25, 0.3) is 5.91 Å². The molecule has 0 spiro atoms. The molecule has 1 amide bonds. The molecule has 1 aliphatic rings. The molecule has 0 N–H and O–H groups in total. The molecular formula is C31H23NO4. The lowest BCUT2D eigenvalue weighted by Crippen LogP contribution is -2.29. The Balaban J connectivity index is 1.49. The van der Waals surface area contributed by atoms with Crippen molar-refractivity contribution in [1.29, 1.82) is 0 Å². The van der Waals surface area contributed by atoms with Crippen molar-refractivity contribution >= 4 is 16.9 Å². The minimum Gasteiger partial charge on any atom is -0.457 e. The van der Waals surface area contributed by atoms with Crippen LogP contribution in [0, 0.1) is 6.92 Å². The quantitative estimate of drug-likeness (QED) is 0.287. The number of fused-ring (bicyclic) bond motifs is 2. The molecule has 0 saturated carbocycles. The van der Waals surface area contributed by atoms with Gasteiger partial charge < -0.3 is 14.1 Å². The smallest absolute Gasteiger partial charge is 0.291 e. The summed E-state index contributed by atoms with van der Waals surface area (Å²) in [5, 5.41) is 0.461. The summed E-state index contributed by atoms with van der Waals surface area (Å²) in [4.78, 5) is 29.1. The van der Waals surface area contributed by atoms with Crippen molar-refractivity contribution in [3.63, 3.8) is 0 Å². The molecule has 2 heterocycles.